The fraction of sp³-hybridized carbons (Fsp3) is 0.826. The number of carbonyl (C=O) groups excluding carboxylic acids is 4. The molecule has 0 fully saturated rings. The van der Waals surface area contributed by atoms with Gasteiger partial charge in [-0.05, 0) is 25.7 Å². The summed E-state index contributed by atoms with van der Waals surface area (Å²) >= 11 is 0. The maximum Gasteiger partial charge on any atom is 0.312 e. The second-order valence-corrected chi connectivity index (χ2v) is 11.1. The summed E-state index contributed by atoms with van der Waals surface area (Å²) in [6.07, 6.45) is 1.21. The second kappa shape index (κ2) is 15.4. The van der Waals surface area contributed by atoms with Gasteiger partial charge < -0.3 is 28.6 Å². The van der Waals surface area contributed by atoms with E-state index in [4.69, 9.17) is 18.5 Å². The Kier molecular flexibility index (Phi) is 14.6. The zero-order chi connectivity index (χ0) is 25.7. The highest BCUT2D eigenvalue weighted by Gasteiger charge is 2.41. The van der Waals surface area contributed by atoms with E-state index in [1.165, 1.54) is 0 Å². The number of amides is 1. The molecular weight excluding hydrogens is 449 g/mol. The number of aldehydes is 1. The molecule has 33 heavy (non-hydrogen) atoms. The van der Waals surface area contributed by atoms with E-state index in [0.29, 0.717) is 25.8 Å². The van der Waals surface area contributed by atoms with Crippen molar-refractivity contribution in [2.45, 2.75) is 73.8 Å². The van der Waals surface area contributed by atoms with Crippen molar-refractivity contribution in [3.05, 3.63) is 0 Å². The molecular formula is C23H42NO8P. The van der Waals surface area contributed by atoms with Crippen molar-refractivity contribution >= 4 is 32.5 Å². The van der Waals surface area contributed by atoms with E-state index in [-0.39, 0.29) is 43.0 Å². The van der Waals surface area contributed by atoms with Crippen LogP contribution in [0, 0.1) is 16.7 Å². The third kappa shape index (κ3) is 13.0. The molecule has 0 heterocycles. The van der Waals surface area contributed by atoms with Crippen molar-refractivity contribution in [1.82, 2.24) is 5.32 Å². The standard InChI is InChI=1S/C23H42NO8P/c1-17(2)20(27)32-18(15-29-21(28)23(6,7)22(3,4)5)16-31-33(8)30-14-12-24-19(26)11-9-10-13-25/h13,17-18H,9-12,14-16H2,1-8H3,(H,24,26). The maximum atomic E-state index is 12.6. The van der Waals surface area contributed by atoms with Crippen molar-refractivity contribution in [2.24, 2.45) is 16.7 Å². The van der Waals surface area contributed by atoms with Gasteiger partial charge in [0.15, 0.2) is 14.5 Å². The molecule has 10 heteroatoms. The summed E-state index contributed by atoms with van der Waals surface area (Å²) in [5, 5.41) is 2.71. The summed E-state index contributed by atoms with van der Waals surface area (Å²) < 4.78 is 22.2. The highest BCUT2D eigenvalue weighted by molar-refractivity contribution is 7.46. The number of carbonyl (C=O) groups is 4. The van der Waals surface area contributed by atoms with Gasteiger partial charge in [-0.2, -0.15) is 0 Å². The Morgan fingerprint density at radius 1 is 1.03 bits per heavy atom. The van der Waals surface area contributed by atoms with E-state index in [0.717, 1.165) is 6.29 Å². The molecule has 0 aromatic heterocycles. The minimum atomic E-state index is -1.29. The smallest absolute Gasteiger partial charge is 0.312 e. The molecule has 0 saturated heterocycles. The monoisotopic (exact) mass is 491 g/mol. The van der Waals surface area contributed by atoms with Crippen LogP contribution in [0.4, 0.5) is 0 Å². The predicted octanol–water partition coefficient (Wildman–Crippen LogP) is 3.63. The summed E-state index contributed by atoms with van der Waals surface area (Å²) in [5.74, 6) is -1.25. The fourth-order valence-electron chi connectivity index (χ4n) is 2.10. The zero-order valence-electron chi connectivity index (χ0n) is 21.4. The molecule has 0 radical (unpaired) electrons. The van der Waals surface area contributed by atoms with Crippen LogP contribution in [0.2, 0.25) is 0 Å². The SMILES string of the molecule is CC(C)C(=O)OC(COC(=O)C(C)(C)C(C)(C)C)COP(C)OCCNC(=O)CCCC=O. The highest BCUT2D eigenvalue weighted by Crippen LogP contribution is 2.39. The van der Waals surface area contributed by atoms with E-state index in [1.807, 2.05) is 34.6 Å². The first-order valence-electron chi connectivity index (χ1n) is 11.3. The quantitative estimate of drug-likeness (QED) is 0.151. The van der Waals surface area contributed by atoms with Crippen molar-refractivity contribution in [2.75, 3.05) is 33.0 Å². The first-order valence-corrected chi connectivity index (χ1v) is 12.9. The van der Waals surface area contributed by atoms with Gasteiger partial charge >= 0.3 is 11.9 Å². The lowest BCUT2D eigenvalue weighted by Crippen LogP contribution is -2.41. The molecule has 0 saturated carbocycles. The van der Waals surface area contributed by atoms with Gasteiger partial charge in [-0.3, -0.25) is 14.4 Å². The minimum Gasteiger partial charge on any atom is -0.461 e. The van der Waals surface area contributed by atoms with Crippen molar-refractivity contribution < 1.29 is 37.7 Å². The van der Waals surface area contributed by atoms with E-state index >= 15 is 0 Å². The van der Waals surface area contributed by atoms with E-state index in [9.17, 15) is 19.2 Å². The van der Waals surface area contributed by atoms with Crippen molar-refractivity contribution in [1.29, 1.82) is 0 Å². The Hall–Kier alpha value is -1.57. The summed E-state index contributed by atoms with van der Waals surface area (Å²) in [4.78, 5) is 46.5. The van der Waals surface area contributed by atoms with Crippen LogP contribution in [0.3, 0.4) is 0 Å². The van der Waals surface area contributed by atoms with Gasteiger partial charge in [-0.1, -0.05) is 34.6 Å². The Balaban J connectivity index is 4.58. The third-order valence-corrected chi connectivity index (χ3v) is 6.46. The Morgan fingerprint density at radius 2 is 1.67 bits per heavy atom. The molecule has 9 nitrogen and oxygen atoms in total. The Bertz CT molecular complexity index is 630. The van der Waals surface area contributed by atoms with Gasteiger partial charge in [0.25, 0.3) is 0 Å². The second-order valence-electron chi connectivity index (χ2n) is 9.66. The normalized spacial score (nSPS) is 13.8. The van der Waals surface area contributed by atoms with Crippen LogP contribution in [-0.2, 0) is 37.7 Å². The molecule has 0 aromatic rings. The number of hydrogen-bond acceptors (Lipinski definition) is 8. The van der Waals surface area contributed by atoms with Gasteiger partial charge in [0.05, 0.1) is 24.5 Å². The molecule has 192 valence electrons. The topological polar surface area (TPSA) is 117 Å². The number of hydrogen-bond donors (Lipinski definition) is 1. The average molecular weight is 492 g/mol. The average Bonchev–Trinajstić information content (AvgIpc) is 2.71. The van der Waals surface area contributed by atoms with Crippen molar-refractivity contribution in [3.63, 3.8) is 0 Å². The fourth-order valence-corrected chi connectivity index (χ4v) is 2.90. The maximum absolute atomic E-state index is 12.6. The van der Waals surface area contributed by atoms with Crippen LogP contribution < -0.4 is 5.32 Å². The molecule has 0 bridgehead atoms. The van der Waals surface area contributed by atoms with Crippen LogP contribution in [-0.4, -0.2) is 63.3 Å². The molecule has 0 rings (SSSR count). The molecule has 0 aliphatic heterocycles. The molecule has 2 unspecified atom stereocenters. The van der Waals surface area contributed by atoms with E-state index in [2.05, 4.69) is 5.32 Å². The number of unbranched alkanes of at least 4 members (excludes halogenated alkanes) is 1. The van der Waals surface area contributed by atoms with Crippen LogP contribution in [0.5, 0.6) is 0 Å². The van der Waals surface area contributed by atoms with Gasteiger partial charge in [0, 0.05) is 26.1 Å². The first-order chi connectivity index (χ1) is 15.2. The van der Waals surface area contributed by atoms with Gasteiger partial charge in [0.1, 0.15) is 12.9 Å². The van der Waals surface area contributed by atoms with E-state index in [1.54, 1.807) is 20.5 Å². The summed E-state index contributed by atoms with van der Waals surface area (Å²) in [6.45, 7) is 15.2. The molecule has 0 spiro atoms. The van der Waals surface area contributed by atoms with Gasteiger partial charge in [-0.15, -0.1) is 0 Å². The number of esters is 2. The van der Waals surface area contributed by atoms with Crippen molar-refractivity contribution in [3.8, 4) is 0 Å². The lowest BCUT2D eigenvalue weighted by Gasteiger charge is -2.36. The largest absolute Gasteiger partial charge is 0.461 e. The van der Waals surface area contributed by atoms with Crippen LogP contribution >= 0.6 is 8.38 Å². The van der Waals surface area contributed by atoms with Crippen LogP contribution in [0.1, 0.15) is 67.7 Å². The summed E-state index contributed by atoms with van der Waals surface area (Å²) in [7, 11) is -1.29. The zero-order valence-corrected chi connectivity index (χ0v) is 22.3. The van der Waals surface area contributed by atoms with Crippen LogP contribution in [0.15, 0.2) is 0 Å². The third-order valence-electron chi connectivity index (χ3n) is 5.41. The minimum absolute atomic E-state index is 0.0158. The van der Waals surface area contributed by atoms with Gasteiger partial charge in [0.2, 0.25) is 5.91 Å². The van der Waals surface area contributed by atoms with Crippen LogP contribution in [0.25, 0.3) is 0 Å². The van der Waals surface area contributed by atoms with Gasteiger partial charge in [-0.25, -0.2) is 0 Å². The molecule has 0 aliphatic rings. The molecule has 0 aromatic carbocycles. The lowest BCUT2D eigenvalue weighted by atomic mass is 9.69. The molecule has 1 N–H and O–H groups in total. The number of ether oxygens (including phenoxy) is 2. The Labute approximate surface area is 199 Å². The Morgan fingerprint density at radius 3 is 2.21 bits per heavy atom. The summed E-state index contributed by atoms with van der Waals surface area (Å²) in [6, 6.07) is 0. The molecule has 1 amide bonds. The first kappa shape index (κ1) is 31.4. The lowest BCUT2D eigenvalue weighted by molar-refractivity contribution is -0.171. The molecule has 0 aliphatic carbocycles. The number of nitrogens with one attached hydrogen (secondary N) is 1. The highest BCUT2D eigenvalue weighted by atomic mass is 31.2. The predicted molar refractivity (Wildman–Crippen MR) is 127 cm³/mol. The number of rotatable bonds is 16. The summed E-state index contributed by atoms with van der Waals surface area (Å²) in [5.41, 5.74) is -1.03. The van der Waals surface area contributed by atoms with E-state index < -0.39 is 25.9 Å². The molecule has 2 atom stereocenters.